The van der Waals surface area contributed by atoms with E-state index in [0.717, 1.165) is 0 Å². The number of hydrogen-bond donors (Lipinski definition) is 1. The van der Waals surface area contributed by atoms with Crippen LogP contribution >= 0.6 is 27.5 Å². The molecule has 0 heterocycles. The maximum atomic E-state index is 12.8. The highest BCUT2D eigenvalue weighted by Crippen LogP contribution is 2.30. The van der Waals surface area contributed by atoms with Gasteiger partial charge in [0.1, 0.15) is 0 Å². The first-order valence-corrected chi connectivity index (χ1v) is 4.25. The van der Waals surface area contributed by atoms with Crippen molar-refractivity contribution in [2.24, 2.45) is 5.73 Å². The Morgan fingerprint density at radius 3 is 2.54 bits per heavy atom. The van der Waals surface area contributed by atoms with Crippen molar-refractivity contribution in [3.05, 3.63) is 32.8 Å². The van der Waals surface area contributed by atoms with E-state index in [0.29, 0.717) is 6.07 Å². The van der Waals surface area contributed by atoms with Gasteiger partial charge in [0, 0.05) is 0 Å². The molecular formula is C7H3BrClF2NO. The minimum absolute atomic E-state index is 0.230. The van der Waals surface area contributed by atoms with Crippen molar-refractivity contribution in [1.82, 2.24) is 0 Å². The van der Waals surface area contributed by atoms with Crippen LogP contribution in [0.1, 0.15) is 10.4 Å². The summed E-state index contributed by atoms with van der Waals surface area (Å²) in [5, 5.41) is -0.230. The summed E-state index contributed by atoms with van der Waals surface area (Å²) in [7, 11) is 0. The largest absolute Gasteiger partial charge is 0.366 e. The molecule has 2 nitrogen and oxygen atoms in total. The molecule has 1 aromatic rings. The van der Waals surface area contributed by atoms with E-state index in [2.05, 4.69) is 15.9 Å². The van der Waals surface area contributed by atoms with Crippen molar-refractivity contribution in [3.8, 4) is 0 Å². The Morgan fingerprint density at radius 1 is 1.54 bits per heavy atom. The third-order valence-corrected chi connectivity index (χ3v) is 2.73. The Hall–Kier alpha value is -0.680. The van der Waals surface area contributed by atoms with Crippen molar-refractivity contribution in [2.75, 3.05) is 0 Å². The smallest absolute Gasteiger partial charge is 0.250 e. The Kier molecular flexibility index (Phi) is 2.87. The van der Waals surface area contributed by atoms with Crippen molar-refractivity contribution < 1.29 is 13.6 Å². The van der Waals surface area contributed by atoms with E-state index in [1.807, 2.05) is 0 Å². The van der Waals surface area contributed by atoms with Gasteiger partial charge in [-0.2, -0.15) is 0 Å². The molecule has 0 fully saturated rings. The topological polar surface area (TPSA) is 43.1 Å². The molecule has 1 amide bonds. The van der Waals surface area contributed by atoms with Crippen LogP contribution in [0.15, 0.2) is 10.5 Å². The molecule has 0 unspecified atom stereocenters. The molecule has 0 bridgehead atoms. The fourth-order valence-corrected chi connectivity index (χ4v) is 1.39. The van der Waals surface area contributed by atoms with Crippen LogP contribution in [0.3, 0.4) is 0 Å². The van der Waals surface area contributed by atoms with E-state index in [4.69, 9.17) is 17.3 Å². The van der Waals surface area contributed by atoms with Gasteiger partial charge in [-0.1, -0.05) is 11.6 Å². The summed E-state index contributed by atoms with van der Waals surface area (Å²) < 4.78 is 25.2. The molecule has 0 radical (unpaired) electrons. The SMILES string of the molecule is NC(=O)c1cc(F)c(F)c(Br)c1Cl. The Labute approximate surface area is 85.8 Å². The minimum atomic E-state index is -1.18. The molecule has 0 spiro atoms. The van der Waals surface area contributed by atoms with E-state index in [-0.39, 0.29) is 15.1 Å². The van der Waals surface area contributed by atoms with Gasteiger partial charge in [0.05, 0.1) is 15.1 Å². The second-order valence-electron chi connectivity index (χ2n) is 2.21. The van der Waals surface area contributed by atoms with Gasteiger partial charge in [0.2, 0.25) is 5.91 Å². The lowest BCUT2D eigenvalue weighted by Crippen LogP contribution is -2.12. The zero-order valence-electron chi connectivity index (χ0n) is 6.07. The second-order valence-corrected chi connectivity index (χ2v) is 3.38. The second kappa shape index (κ2) is 3.59. The van der Waals surface area contributed by atoms with Crippen LogP contribution in [0, 0.1) is 11.6 Å². The summed E-state index contributed by atoms with van der Waals surface area (Å²) in [6.07, 6.45) is 0. The zero-order chi connectivity index (χ0) is 10.2. The molecule has 0 saturated heterocycles. The number of nitrogens with two attached hydrogens (primary N) is 1. The van der Waals surface area contributed by atoms with Crippen molar-refractivity contribution in [2.45, 2.75) is 0 Å². The van der Waals surface area contributed by atoms with Gasteiger partial charge in [-0.15, -0.1) is 0 Å². The fraction of sp³-hybridized carbons (Fsp3) is 0. The molecular weight excluding hydrogens is 267 g/mol. The third-order valence-electron chi connectivity index (χ3n) is 1.37. The maximum Gasteiger partial charge on any atom is 0.250 e. The number of hydrogen-bond acceptors (Lipinski definition) is 1. The van der Waals surface area contributed by atoms with E-state index < -0.39 is 17.5 Å². The molecule has 0 saturated carbocycles. The minimum Gasteiger partial charge on any atom is -0.366 e. The lowest BCUT2D eigenvalue weighted by atomic mass is 10.2. The van der Waals surface area contributed by atoms with E-state index in [1.165, 1.54) is 0 Å². The molecule has 1 aromatic carbocycles. The number of carbonyl (C=O) groups is 1. The van der Waals surface area contributed by atoms with Crippen LogP contribution in [0.4, 0.5) is 8.78 Å². The molecule has 0 aromatic heterocycles. The number of halogens is 4. The summed E-state index contributed by atoms with van der Waals surface area (Å²) in [6, 6.07) is 0.657. The first kappa shape index (κ1) is 10.4. The first-order chi connectivity index (χ1) is 5.95. The highest BCUT2D eigenvalue weighted by molar-refractivity contribution is 9.10. The first-order valence-electron chi connectivity index (χ1n) is 3.08. The van der Waals surface area contributed by atoms with Gasteiger partial charge in [-0.05, 0) is 22.0 Å². The molecule has 0 aliphatic carbocycles. The van der Waals surface area contributed by atoms with Crippen LogP contribution in [0.25, 0.3) is 0 Å². The summed E-state index contributed by atoms with van der Waals surface area (Å²) >= 11 is 8.21. The molecule has 6 heteroatoms. The van der Waals surface area contributed by atoms with Crippen LogP contribution in [0.5, 0.6) is 0 Å². The van der Waals surface area contributed by atoms with Gasteiger partial charge >= 0.3 is 0 Å². The average molecular weight is 270 g/mol. The molecule has 0 aliphatic heterocycles. The number of rotatable bonds is 1. The zero-order valence-corrected chi connectivity index (χ0v) is 8.42. The van der Waals surface area contributed by atoms with Gasteiger partial charge < -0.3 is 5.73 Å². The summed E-state index contributed by atoms with van der Waals surface area (Å²) in [5.41, 5.74) is 4.61. The van der Waals surface area contributed by atoms with Crippen LogP contribution in [-0.4, -0.2) is 5.91 Å². The van der Waals surface area contributed by atoms with Gasteiger partial charge in [0.15, 0.2) is 11.6 Å². The van der Waals surface area contributed by atoms with Crippen LogP contribution in [0.2, 0.25) is 5.02 Å². The number of carbonyl (C=O) groups excluding carboxylic acids is 1. The molecule has 1 rings (SSSR count). The maximum absolute atomic E-state index is 12.8. The quantitative estimate of drug-likeness (QED) is 0.618. The third kappa shape index (κ3) is 1.81. The Balaban J connectivity index is 3.50. The normalized spacial score (nSPS) is 10.2. The molecule has 0 atom stereocenters. The monoisotopic (exact) mass is 269 g/mol. The molecule has 13 heavy (non-hydrogen) atoms. The Morgan fingerprint density at radius 2 is 2.08 bits per heavy atom. The van der Waals surface area contributed by atoms with Crippen molar-refractivity contribution >= 4 is 33.4 Å². The van der Waals surface area contributed by atoms with Gasteiger partial charge in [-0.3, -0.25) is 4.79 Å². The van der Waals surface area contributed by atoms with E-state index >= 15 is 0 Å². The van der Waals surface area contributed by atoms with E-state index in [1.54, 1.807) is 0 Å². The highest BCUT2D eigenvalue weighted by atomic mass is 79.9. The fourth-order valence-electron chi connectivity index (χ4n) is 0.752. The Bertz CT molecular complexity index is 383. The number of benzene rings is 1. The number of primary amides is 1. The van der Waals surface area contributed by atoms with Crippen molar-refractivity contribution in [3.63, 3.8) is 0 Å². The summed E-state index contributed by atoms with van der Waals surface area (Å²) in [6.45, 7) is 0. The summed E-state index contributed by atoms with van der Waals surface area (Å²) in [4.78, 5) is 10.7. The number of amides is 1. The highest BCUT2D eigenvalue weighted by Gasteiger charge is 2.17. The predicted molar refractivity (Wildman–Crippen MR) is 47.6 cm³/mol. The summed E-state index contributed by atoms with van der Waals surface area (Å²) in [5.74, 6) is -3.23. The van der Waals surface area contributed by atoms with Gasteiger partial charge in [-0.25, -0.2) is 8.78 Å². The molecule has 2 N–H and O–H groups in total. The van der Waals surface area contributed by atoms with E-state index in [9.17, 15) is 13.6 Å². The lowest BCUT2D eigenvalue weighted by Gasteiger charge is -2.03. The predicted octanol–water partition coefficient (Wildman–Crippen LogP) is 2.48. The average Bonchev–Trinajstić information content (AvgIpc) is 2.07. The van der Waals surface area contributed by atoms with Crippen molar-refractivity contribution in [1.29, 1.82) is 0 Å². The lowest BCUT2D eigenvalue weighted by molar-refractivity contribution is 0.1000. The van der Waals surface area contributed by atoms with Crippen LogP contribution in [-0.2, 0) is 0 Å². The molecule has 70 valence electrons. The van der Waals surface area contributed by atoms with Gasteiger partial charge in [0.25, 0.3) is 0 Å². The van der Waals surface area contributed by atoms with Crippen LogP contribution < -0.4 is 5.73 Å². The molecule has 0 aliphatic rings. The standard InChI is InChI=1S/C7H3BrClF2NO/c8-4-5(9)2(7(12)13)1-3(10)6(4)11/h1H,(H2,12,13).